The van der Waals surface area contributed by atoms with Crippen molar-refractivity contribution in [1.82, 2.24) is 4.90 Å². The molecule has 0 bridgehead atoms. The second-order valence-corrected chi connectivity index (χ2v) is 5.92. The Bertz CT molecular complexity index is 771. The van der Waals surface area contributed by atoms with Crippen molar-refractivity contribution in [1.29, 1.82) is 5.26 Å². The maximum Gasteiger partial charge on any atom is 0.325 e. The molecule has 1 aromatic carbocycles. The minimum absolute atomic E-state index is 0.305. The van der Waals surface area contributed by atoms with E-state index in [0.717, 1.165) is 11.8 Å². The summed E-state index contributed by atoms with van der Waals surface area (Å²) in [6.07, 6.45) is 4.19. The van der Waals surface area contributed by atoms with Crippen molar-refractivity contribution in [3.63, 3.8) is 0 Å². The number of rotatable bonds is 3. The highest BCUT2D eigenvalue weighted by Crippen LogP contribution is 2.25. The summed E-state index contributed by atoms with van der Waals surface area (Å²) in [7, 11) is -1.98. The van der Waals surface area contributed by atoms with E-state index in [1.807, 2.05) is 30.3 Å². The molecular formula is C14H13N3O3S. The van der Waals surface area contributed by atoms with Crippen LogP contribution in [0.3, 0.4) is 0 Å². The summed E-state index contributed by atoms with van der Waals surface area (Å²) < 4.78 is 26.3. The number of allylic oxidation sites excluding steroid dienone is 2. The van der Waals surface area contributed by atoms with E-state index < -0.39 is 10.1 Å². The molecule has 1 aliphatic heterocycles. The summed E-state index contributed by atoms with van der Waals surface area (Å²) in [5.74, 6) is 0.305. The van der Waals surface area contributed by atoms with Gasteiger partial charge in [-0.3, -0.25) is 4.28 Å². The highest BCUT2D eigenvalue weighted by molar-refractivity contribution is 7.85. The van der Waals surface area contributed by atoms with Gasteiger partial charge in [0, 0.05) is 7.05 Å². The van der Waals surface area contributed by atoms with Gasteiger partial charge >= 0.3 is 10.1 Å². The molecule has 0 saturated heterocycles. The van der Waals surface area contributed by atoms with Crippen LogP contribution in [-0.4, -0.2) is 32.5 Å². The predicted molar refractivity (Wildman–Crippen MR) is 79.2 cm³/mol. The number of nitrogens with zero attached hydrogens (tertiary/aromatic N) is 3. The third-order valence-electron chi connectivity index (χ3n) is 2.79. The molecule has 0 spiro atoms. The predicted octanol–water partition coefficient (Wildman–Crippen LogP) is 1.71. The maximum absolute atomic E-state index is 11.0. The summed E-state index contributed by atoms with van der Waals surface area (Å²) in [5.41, 5.74) is 1.87. The van der Waals surface area contributed by atoms with Gasteiger partial charge in [0.1, 0.15) is 6.07 Å². The Hall–Kier alpha value is -2.59. The molecule has 7 heteroatoms. The first-order valence-electron chi connectivity index (χ1n) is 6.00. The van der Waals surface area contributed by atoms with E-state index in [-0.39, 0.29) is 0 Å². The van der Waals surface area contributed by atoms with Gasteiger partial charge in [-0.05, 0) is 22.9 Å². The number of amidine groups is 1. The van der Waals surface area contributed by atoms with Crippen molar-refractivity contribution in [2.24, 2.45) is 5.16 Å². The lowest BCUT2D eigenvalue weighted by molar-refractivity contribution is 0.337. The van der Waals surface area contributed by atoms with Crippen LogP contribution >= 0.6 is 0 Å². The molecule has 0 aliphatic carbocycles. The van der Waals surface area contributed by atoms with Gasteiger partial charge in [0.15, 0.2) is 5.84 Å². The summed E-state index contributed by atoms with van der Waals surface area (Å²) in [4.78, 5) is 1.59. The molecule has 0 atom stereocenters. The van der Waals surface area contributed by atoms with Crippen molar-refractivity contribution in [2.75, 3.05) is 13.3 Å². The molecule has 0 aromatic heterocycles. The zero-order valence-corrected chi connectivity index (χ0v) is 12.3. The number of hydrogen-bond acceptors (Lipinski definition) is 5. The lowest BCUT2D eigenvalue weighted by Crippen LogP contribution is -2.20. The molecule has 1 aromatic rings. The quantitative estimate of drug-likeness (QED) is 0.627. The lowest BCUT2D eigenvalue weighted by Gasteiger charge is -2.15. The van der Waals surface area contributed by atoms with Crippen molar-refractivity contribution >= 4 is 21.5 Å². The van der Waals surface area contributed by atoms with Crippen LogP contribution in [0.2, 0.25) is 0 Å². The normalized spacial score (nSPS) is 18.7. The first kappa shape index (κ1) is 14.8. The lowest BCUT2D eigenvalue weighted by atomic mass is 10.1. The number of hydrogen-bond donors (Lipinski definition) is 0. The number of benzene rings is 1. The SMILES string of the molecule is CN1/C(=N/OS(C)(=O)=O)C=C/C1=C(\C#N)c1ccccc1. The largest absolute Gasteiger partial charge is 0.326 e. The van der Waals surface area contributed by atoms with E-state index in [0.29, 0.717) is 17.1 Å². The Morgan fingerprint density at radius 1 is 1.29 bits per heavy atom. The fourth-order valence-corrected chi connectivity index (χ4v) is 2.04. The molecule has 6 nitrogen and oxygen atoms in total. The minimum atomic E-state index is -3.66. The summed E-state index contributed by atoms with van der Waals surface area (Å²) in [6, 6.07) is 11.4. The molecule has 0 fully saturated rings. The Kier molecular flexibility index (Phi) is 4.10. The standard InChI is InChI=1S/C14H13N3O3S/c1-17-13(8-9-14(17)16-20-21(2,18)19)12(10-15)11-6-4-3-5-7-11/h3-9H,1-2H3/b13-12-,16-14+. The molecule has 0 amide bonds. The van der Waals surface area contributed by atoms with E-state index in [9.17, 15) is 13.7 Å². The first-order valence-corrected chi connectivity index (χ1v) is 7.82. The Balaban J connectivity index is 2.37. The maximum atomic E-state index is 11.0. The van der Waals surface area contributed by atoms with Crippen LogP contribution in [0.5, 0.6) is 0 Å². The van der Waals surface area contributed by atoms with Crippen molar-refractivity contribution in [3.8, 4) is 6.07 Å². The zero-order chi connectivity index (χ0) is 15.5. The van der Waals surface area contributed by atoms with Crippen molar-refractivity contribution < 1.29 is 12.7 Å². The molecule has 0 saturated carbocycles. The second kappa shape index (κ2) is 5.81. The van der Waals surface area contributed by atoms with Crippen LogP contribution in [-0.2, 0) is 14.4 Å². The van der Waals surface area contributed by atoms with E-state index in [2.05, 4.69) is 15.5 Å². The Labute approximate surface area is 123 Å². The van der Waals surface area contributed by atoms with Crippen LogP contribution in [0, 0.1) is 11.3 Å². The molecule has 1 heterocycles. The molecule has 21 heavy (non-hydrogen) atoms. The van der Waals surface area contributed by atoms with Gasteiger partial charge in [-0.2, -0.15) is 13.7 Å². The Morgan fingerprint density at radius 2 is 1.95 bits per heavy atom. The van der Waals surface area contributed by atoms with Gasteiger partial charge in [-0.1, -0.05) is 30.3 Å². The van der Waals surface area contributed by atoms with E-state index in [1.165, 1.54) is 0 Å². The molecule has 0 unspecified atom stereocenters. The van der Waals surface area contributed by atoms with Gasteiger partial charge in [0.05, 0.1) is 17.5 Å². The molecular weight excluding hydrogens is 290 g/mol. The molecule has 0 N–H and O–H groups in total. The smallest absolute Gasteiger partial charge is 0.325 e. The monoisotopic (exact) mass is 303 g/mol. The molecule has 0 radical (unpaired) electrons. The van der Waals surface area contributed by atoms with Crippen LogP contribution in [0.1, 0.15) is 5.56 Å². The van der Waals surface area contributed by atoms with Gasteiger partial charge < -0.3 is 4.90 Å². The highest BCUT2D eigenvalue weighted by atomic mass is 32.2. The number of likely N-dealkylation sites (N-methyl/N-ethyl adjacent to an activating group) is 1. The summed E-state index contributed by atoms with van der Waals surface area (Å²) >= 11 is 0. The first-order chi connectivity index (χ1) is 9.92. The van der Waals surface area contributed by atoms with Crippen LogP contribution < -0.4 is 0 Å². The second-order valence-electron chi connectivity index (χ2n) is 4.36. The fourth-order valence-electron chi connectivity index (χ4n) is 1.82. The Morgan fingerprint density at radius 3 is 2.52 bits per heavy atom. The zero-order valence-electron chi connectivity index (χ0n) is 11.5. The minimum Gasteiger partial charge on any atom is -0.326 e. The average molecular weight is 303 g/mol. The third kappa shape index (κ3) is 3.49. The van der Waals surface area contributed by atoms with Crippen LogP contribution in [0.15, 0.2) is 53.3 Å². The van der Waals surface area contributed by atoms with Gasteiger partial charge in [0.2, 0.25) is 0 Å². The molecule has 108 valence electrons. The highest BCUT2D eigenvalue weighted by Gasteiger charge is 2.20. The number of oxime groups is 1. The number of nitriles is 1. The summed E-state index contributed by atoms with van der Waals surface area (Å²) in [5, 5.41) is 12.9. The summed E-state index contributed by atoms with van der Waals surface area (Å²) in [6.45, 7) is 0. The van der Waals surface area contributed by atoms with Crippen molar-refractivity contribution in [3.05, 3.63) is 53.7 Å². The van der Waals surface area contributed by atoms with Crippen LogP contribution in [0.25, 0.3) is 5.57 Å². The molecule has 1 aliphatic rings. The van der Waals surface area contributed by atoms with Crippen LogP contribution in [0.4, 0.5) is 0 Å². The van der Waals surface area contributed by atoms with Gasteiger partial charge in [0.25, 0.3) is 0 Å². The third-order valence-corrected chi connectivity index (χ3v) is 3.14. The molecule has 2 rings (SSSR count). The van der Waals surface area contributed by atoms with Crippen molar-refractivity contribution in [2.45, 2.75) is 0 Å². The topological polar surface area (TPSA) is 82.8 Å². The fraction of sp³-hybridized carbons (Fsp3) is 0.143. The average Bonchev–Trinajstić information content (AvgIpc) is 2.80. The van der Waals surface area contributed by atoms with Gasteiger partial charge in [-0.25, -0.2) is 0 Å². The van der Waals surface area contributed by atoms with E-state index >= 15 is 0 Å². The van der Waals surface area contributed by atoms with E-state index in [1.54, 1.807) is 24.1 Å². The van der Waals surface area contributed by atoms with Gasteiger partial charge in [-0.15, -0.1) is 0 Å². The van der Waals surface area contributed by atoms with E-state index in [4.69, 9.17) is 0 Å².